The molecule has 0 aromatic heterocycles. The molecule has 3 nitrogen and oxygen atoms in total. The molecule has 1 fully saturated rings. The van der Waals surface area contributed by atoms with Crippen LogP contribution < -0.4 is 5.32 Å². The van der Waals surface area contributed by atoms with Crippen molar-refractivity contribution in [3.8, 4) is 0 Å². The second-order valence-electron chi connectivity index (χ2n) is 6.09. The highest BCUT2D eigenvalue weighted by molar-refractivity contribution is 14.1. The number of rotatable bonds is 4. The van der Waals surface area contributed by atoms with Crippen molar-refractivity contribution in [2.75, 3.05) is 18.4 Å². The maximum Gasteiger partial charge on any atom is 0.255 e. The summed E-state index contributed by atoms with van der Waals surface area (Å²) < 4.78 is 1.17. The summed E-state index contributed by atoms with van der Waals surface area (Å²) in [4.78, 5) is 14.8. The summed E-state index contributed by atoms with van der Waals surface area (Å²) in [5.74, 6) is -0.0537. The van der Waals surface area contributed by atoms with E-state index in [-0.39, 0.29) is 5.91 Å². The third-order valence-electron chi connectivity index (χ3n) is 4.26. The third-order valence-corrected chi connectivity index (χ3v) is 4.93. The minimum Gasteiger partial charge on any atom is -0.322 e. The van der Waals surface area contributed by atoms with Crippen LogP contribution in [0.2, 0.25) is 0 Å². The van der Waals surface area contributed by atoms with Gasteiger partial charge in [-0.05, 0) is 96.9 Å². The minimum atomic E-state index is -0.0537. The van der Waals surface area contributed by atoms with Crippen LogP contribution in [-0.2, 0) is 6.54 Å². The van der Waals surface area contributed by atoms with Crippen LogP contribution in [0.25, 0.3) is 0 Å². The fourth-order valence-electron chi connectivity index (χ4n) is 2.92. The van der Waals surface area contributed by atoms with Gasteiger partial charge in [0, 0.05) is 21.4 Å². The number of carbonyl (C=O) groups excluding carboxylic acids is 1. The first-order valence-electron chi connectivity index (χ1n) is 8.00. The number of hydrogen-bond donors (Lipinski definition) is 1. The fraction of sp³-hybridized carbons (Fsp3) is 0.316. The van der Waals surface area contributed by atoms with Crippen LogP contribution >= 0.6 is 22.6 Å². The van der Waals surface area contributed by atoms with E-state index in [1.165, 1.54) is 35.1 Å². The third kappa shape index (κ3) is 4.32. The van der Waals surface area contributed by atoms with E-state index in [0.29, 0.717) is 5.56 Å². The normalized spacial score (nSPS) is 14.9. The van der Waals surface area contributed by atoms with Gasteiger partial charge in [0.15, 0.2) is 0 Å². The molecule has 0 bridgehead atoms. The van der Waals surface area contributed by atoms with Crippen molar-refractivity contribution in [1.29, 1.82) is 0 Å². The zero-order chi connectivity index (χ0) is 16.2. The molecule has 0 aliphatic carbocycles. The van der Waals surface area contributed by atoms with E-state index in [1.54, 1.807) is 0 Å². The average molecular weight is 420 g/mol. The highest BCUT2D eigenvalue weighted by Gasteiger charge is 2.12. The highest BCUT2D eigenvalue weighted by atomic mass is 127. The number of likely N-dealkylation sites (tertiary alicyclic amines) is 1. The Kier molecular flexibility index (Phi) is 5.33. The molecule has 1 heterocycles. The first-order chi connectivity index (χ1) is 11.1. The molecule has 0 radical (unpaired) electrons. The Bertz CT molecular complexity index is 691. The molecule has 2 aromatic carbocycles. The number of amides is 1. The van der Waals surface area contributed by atoms with Crippen molar-refractivity contribution in [2.45, 2.75) is 26.3 Å². The van der Waals surface area contributed by atoms with Gasteiger partial charge in [0.05, 0.1) is 0 Å². The van der Waals surface area contributed by atoms with Crippen LogP contribution in [0.5, 0.6) is 0 Å². The monoisotopic (exact) mass is 420 g/mol. The molecule has 1 N–H and O–H groups in total. The van der Waals surface area contributed by atoms with E-state index < -0.39 is 0 Å². The SMILES string of the molecule is Cc1cc(I)ccc1NC(=O)c1ccc(CN2CCCC2)cc1. The lowest BCUT2D eigenvalue weighted by molar-refractivity contribution is 0.102. The van der Waals surface area contributed by atoms with Gasteiger partial charge in [-0.15, -0.1) is 0 Å². The smallest absolute Gasteiger partial charge is 0.255 e. The zero-order valence-electron chi connectivity index (χ0n) is 13.3. The topological polar surface area (TPSA) is 32.3 Å². The van der Waals surface area contributed by atoms with Gasteiger partial charge in [-0.3, -0.25) is 9.69 Å². The summed E-state index contributed by atoms with van der Waals surface area (Å²) in [5.41, 5.74) is 3.93. The number of aryl methyl sites for hydroxylation is 1. The first kappa shape index (κ1) is 16.5. The van der Waals surface area contributed by atoms with Crippen molar-refractivity contribution >= 4 is 34.2 Å². The summed E-state index contributed by atoms with van der Waals surface area (Å²) in [6.45, 7) is 5.37. The molecule has 2 aromatic rings. The van der Waals surface area contributed by atoms with Gasteiger partial charge in [0.2, 0.25) is 0 Å². The lowest BCUT2D eigenvalue weighted by Crippen LogP contribution is -2.18. The van der Waals surface area contributed by atoms with Crippen LogP contribution in [-0.4, -0.2) is 23.9 Å². The lowest BCUT2D eigenvalue weighted by atomic mass is 10.1. The first-order valence-corrected chi connectivity index (χ1v) is 9.08. The van der Waals surface area contributed by atoms with Crippen LogP contribution in [0.3, 0.4) is 0 Å². The molecular formula is C19H21IN2O. The summed E-state index contributed by atoms with van der Waals surface area (Å²) in [7, 11) is 0. The van der Waals surface area contributed by atoms with Crippen LogP contribution in [0.15, 0.2) is 42.5 Å². The summed E-state index contributed by atoms with van der Waals surface area (Å²) in [6, 6.07) is 14.0. The molecule has 120 valence electrons. The highest BCUT2D eigenvalue weighted by Crippen LogP contribution is 2.19. The summed E-state index contributed by atoms with van der Waals surface area (Å²) >= 11 is 2.27. The Balaban J connectivity index is 1.65. The number of halogens is 1. The molecule has 0 spiro atoms. The Labute approximate surface area is 151 Å². The minimum absolute atomic E-state index is 0.0537. The molecule has 0 saturated carbocycles. The molecule has 0 unspecified atom stereocenters. The van der Waals surface area contributed by atoms with Crippen molar-refractivity contribution < 1.29 is 4.79 Å². The van der Waals surface area contributed by atoms with E-state index in [0.717, 1.165) is 17.8 Å². The molecule has 1 aliphatic rings. The molecule has 1 saturated heterocycles. The fourth-order valence-corrected chi connectivity index (χ4v) is 3.57. The molecule has 4 heteroatoms. The standard InChI is InChI=1S/C19H21IN2O/c1-14-12-17(20)8-9-18(14)21-19(23)16-6-4-15(5-7-16)13-22-10-2-3-11-22/h4-9,12H,2-3,10-11,13H2,1H3,(H,21,23). The number of benzene rings is 2. The van der Waals surface area contributed by atoms with Crippen molar-refractivity contribution in [2.24, 2.45) is 0 Å². The Morgan fingerprint density at radius 2 is 1.83 bits per heavy atom. The number of anilines is 1. The Hall–Kier alpha value is -1.40. The van der Waals surface area contributed by atoms with Gasteiger partial charge in [0.25, 0.3) is 5.91 Å². The molecule has 23 heavy (non-hydrogen) atoms. The maximum absolute atomic E-state index is 12.4. The Morgan fingerprint density at radius 1 is 1.13 bits per heavy atom. The number of nitrogens with one attached hydrogen (secondary N) is 1. The van der Waals surface area contributed by atoms with E-state index in [4.69, 9.17) is 0 Å². The maximum atomic E-state index is 12.4. The quantitative estimate of drug-likeness (QED) is 0.742. The predicted molar refractivity (Wildman–Crippen MR) is 103 cm³/mol. The summed E-state index contributed by atoms with van der Waals surface area (Å²) in [6.07, 6.45) is 2.60. The van der Waals surface area contributed by atoms with Gasteiger partial charge in [-0.25, -0.2) is 0 Å². The van der Waals surface area contributed by atoms with Crippen molar-refractivity contribution in [3.05, 3.63) is 62.7 Å². The van der Waals surface area contributed by atoms with Gasteiger partial charge >= 0.3 is 0 Å². The van der Waals surface area contributed by atoms with Crippen LogP contribution in [0, 0.1) is 10.5 Å². The van der Waals surface area contributed by atoms with E-state index in [9.17, 15) is 4.79 Å². The van der Waals surface area contributed by atoms with Crippen LogP contribution in [0.4, 0.5) is 5.69 Å². The molecule has 1 amide bonds. The van der Waals surface area contributed by atoms with Gasteiger partial charge in [-0.1, -0.05) is 12.1 Å². The molecule has 3 rings (SSSR count). The number of carbonyl (C=O) groups is 1. The zero-order valence-corrected chi connectivity index (χ0v) is 15.5. The number of nitrogens with zero attached hydrogens (tertiary/aromatic N) is 1. The average Bonchev–Trinajstić information content (AvgIpc) is 3.04. The van der Waals surface area contributed by atoms with E-state index in [2.05, 4.69) is 51.0 Å². The van der Waals surface area contributed by atoms with E-state index >= 15 is 0 Å². The molecule has 0 atom stereocenters. The molecule has 1 aliphatic heterocycles. The van der Waals surface area contributed by atoms with Crippen molar-refractivity contribution in [1.82, 2.24) is 4.90 Å². The van der Waals surface area contributed by atoms with E-state index in [1.807, 2.05) is 31.2 Å². The van der Waals surface area contributed by atoms with Gasteiger partial charge < -0.3 is 5.32 Å². The second kappa shape index (κ2) is 7.45. The molecular weight excluding hydrogens is 399 g/mol. The van der Waals surface area contributed by atoms with Gasteiger partial charge in [-0.2, -0.15) is 0 Å². The van der Waals surface area contributed by atoms with Crippen LogP contribution in [0.1, 0.15) is 34.3 Å². The summed E-state index contributed by atoms with van der Waals surface area (Å²) in [5, 5.41) is 2.99. The predicted octanol–water partition coefficient (Wildman–Crippen LogP) is 4.45. The second-order valence-corrected chi connectivity index (χ2v) is 7.34. The Morgan fingerprint density at radius 3 is 2.48 bits per heavy atom. The lowest BCUT2D eigenvalue weighted by Gasteiger charge is -2.14. The van der Waals surface area contributed by atoms with Gasteiger partial charge in [0.1, 0.15) is 0 Å². The number of hydrogen-bond acceptors (Lipinski definition) is 2. The van der Waals surface area contributed by atoms with Crippen molar-refractivity contribution in [3.63, 3.8) is 0 Å². The largest absolute Gasteiger partial charge is 0.322 e.